The van der Waals surface area contributed by atoms with E-state index in [1.54, 1.807) is 18.6 Å². The van der Waals surface area contributed by atoms with E-state index in [4.69, 9.17) is 0 Å². The fourth-order valence-corrected chi connectivity index (χ4v) is 3.14. The second kappa shape index (κ2) is 6.24. The standard InChI is InChI=1S/C20H17N3O/c24-20(14-18-3-1-2-9-22-18)23-12-8-17-13-16(4-5-19(17)23)15-6-10-21-11-7-15/h1-7,9-11,13H,8,12,14H2. The molecule has 4 heteroatoms. The Morgan fingerprint density at radius 1 is 1.00 bits per heavy atom. The molecule has 3 heterocycles. The van der Waals surface area contributed by atoms with Crippen LogP contribution in [0.2, 0.25) is 0 Å². The average Bonchev–Trinajstić information content (AvgIpc) is 3.06. The van der Waals surface area contributed by atoms with Gasteiger partial charge in [0.15, 0.2) is 0 Å². The van der Waals surface area contributed by atoms with Crippen LogP contribution >= 0.6 is 0 Å². The number of hydrogen-bond donors (Lipinski definition) is 0. The number of amides is 1. The minimum absolute atomic E-state index is 0.101. The second-order valence-corrected chi connectivity index (χ2v) is 5.87. The Balaban J connectivity index is 1.57. The summed E-state index contributed by atoms with van der Waals surface area (Å²) in [6.45, 7) is 0.737. The van der Waals surface area contributed by atoms with E-state index in [0.717, 1.165) is 35.5 Å². The van der Waals surface area contributed by atoms with Crippen molar-refractivity contribution in [2.75, 3.05) is 11.4 Å². The molecule has 0 saturated carbocycles. The Labute approximate surface area is 140 Å². The van der Waals surface area contributed by atoms with Crippen molar-refractivity contribution in [2.24, 2.45) is 0 Å². The van der Waals surface area contributed by atoms with Gasteiger partial charge in [0.2, 0.25) is 5.91 Å². The van der Waals surface area contributed by atoms with Gasteiger partial charge in [0.1, 0.15) is 0 Å². The summed E-state index contributed by atoms with van der Waals surface area (Å²) in [5, 5.41) is 0. The molecule has 3 aromatic rings. The Bertz CT molecular complexity index is 863. The predicted octanol–water partition coefficient (Wildman–Crippen LogP) is 3.28. The van der Waals surface area contributed by atoms with Crippen molar-refractivity contribution in [1.82, 2.24) is 9.97 Å². The second-order valence-electron chi connectivity index (χ2n) is 5.87. The van der Waals surface area contributed by atoms with Crippen molar-refractivity contribution in [3.63, 3.8) is 0 Å². The van der Waals surface area contributed by atoms with Gasteiger partial charge in [-0.1, -0.05) is 12.1 Å². The van der Waals surface area contributed by atoms with Crippen LogP contribution in [0.3, 0.4) is 0 Å². The summed E-state index contributed by atoms with van der Waals surface area (Å²) in [7, 11) is 0. The molecular weight excluding hydrogens is 298 g/mol. The van der Waals surface area contributed by atoms with E-state index in [-0.39, 0.29) is 5.91 Å². The van der Waals surface area contributed by atoms with Gasteiger partial charge in [-0.2, -0.15) is 0 Å². The zero-order valence-corrected chi connectivity index (χ0v) is 13.2. The lowest BCUT2D eigenvalue weighted by atomic mass is 10.0. The van der Waals surface area contributed by atoms with Crippen LogP contribution < -0.4 is 4.90 Å². The van der Waals surface area contributed by atoms with E-state index in [1.807, 2.05) is 35.2 Å². The van der Waals surface area contributed by atoms with Crippen molar-refractivity contribution in [3.8, 4) is 11.1 Å². The first-order valence-corrected chi connectivity index (χ1v) is 8.05. The van der Waals surface area contributed by atoms with E-state index in [1.165, 1.54) is 5.56 Å². The highest BCUT2D eigenvalue weighted by Crippen LogP contribution is 2.32. The van der Waals surface area contributed by atoms with Gasteiger partial charge in [0.25, 0.3) is 0 Å². The topological polar surface area (TPSA) is 46.1 Å². The Hall–Kier alpha value is -3.01. The largest absolute Gasteiger partial charge is 0.311 e. The van der Waals surface area contributed by atoms with Crippen LogP contribution in [0.15, 0.2) is 67.1 Å². The normalized spacial score (nSPS) is 12.9. The molecule has 0 saturated heterocycles. The number of fused-ring (bicyclic) bond motifs is 1. The van der Waals surface area contributed by atoms with Gasteiger partial charge >= 0.3 is 0 Å². The Morgan fingerprint density at radius 3 is 2.67 bits per heavy atom. The molecule has 0 radical (unpaired) electrons. The number of hydrogen-bond acceptors (Lipinski definition) is 3. The summed E-state index contributed by atoms with van der Waals surface area (Å²) < 4.78 is 0. The monoisotopic (exact) mass is 315 g/mol. The maximum Gasteiger partial charge on any atom is 0.233 e. The summed E-state index contributed by atoms with van der Waals surface area (Å²) in [6, 6.07) is 16.0. The summed E-state index contributed by atoms with van der Waals surface area (Å²) in [5.41, 5.74) is 5.36. The molecule has 1 aromatic carbocycles. The van der Waals surface area contributed by atoms with Crippen LogP contribution in [0.1, 0.15) is 11.3 Å². The van der Waals surface area contributed by atoms with E-state index in [0.29, 0.717) is 6.42 Å². The number of nitrogens with zero attached hydrogens (tertiary/aromatic N) is 3. The highest BCUT2D eigenvalue weighted by Gasteiger charge is 2.25. The minimum atomic E-state index is 0.101. The maximum atomic E-state index is 12.6. The van der Waals surface area contributed by atoms with Gasteiger partial charge in [0.05, 0.1) is 6.42 Å². The number of rotatable bonds is 3. The summed E-state index contributed by atoms with van der Waals surface area (Å²) >= 11 is 0. The maximum absolute atomic E-state index is 12.6. The molecule has 1 aliphatic rings. The summed E-state index contributed by atoms with van der Waals surface area (Å²) in [5.74, 6) is 0.101. The molecule has 0 atom stereocenters. The molecule has 24 heavy (non-hydrogen) atoms. The quantitative estimate of drug-likeness (QED) is 0.745. The fourth-order valence-electron chi connectivity index (χ4n) is 3.14. The number of carbonyl (C=O) groups is 1. The van der Waals surface area contributed by atoms with Gasteiger partial charge in [-0.15, -0.1) is 0 Å². The van der Waals surface area contributed by atoms with Crippen molar-refractivity contribution in [2.45, 2.75) is 12.8 Å². The Morgan fingerprint density at radius 2 is 1.88 bits per heavy atom. The van der Waals surface area contributed by atoms with Gasteiger partial charge in [0, 0.05) is 36.5 Å². The zero-order valence-electron chi connectivity index (χ0n) is 13.2. The van der Waals surface area contributed by atoms with Crippen LogP contribution in [0, 0.1) is 0 Å². The van der Waals surface area contributed by atoms with Crippen LogP contribution in [0.25, 0.3) is 11.1 Å². The first kappa shape index (κ1) is 14.6. The van der Waals surface area contributed by atoms with Crippen molar-refractivity contribution in [3.05, 3.63) is 78.4 Å². The lowest BCUT2D eigenvalue weighted by Crippen LogP contribution is -2.30. The SMILES string of the molecule is O=C(Cc1ccccn1)N1CCc2cc(-c3ccncc3)ccc21. The molecule has 0 fully saturated rings. The molecule has 4 nitrogen and oxygen atoms in total. The van der Waals surface area contributed by atoms with Crippen molar-refractivity contribution in [1.29, 1.82) is 0 Å². The Kier molecular flexibility index (Phi) is 3.79. The molecule has 1 aliphatic heterocycles. The number of anilines is 1. The average molecular weight is 315 g/mol. The first-order valence-electron chi connectivity index (χ1n) is 8.05. The molecule has 1 amide bonds. The molecule has 2 aromatic heterocycles. The first-order chi connectivity index (χ1) is 11.8. The number of carbonyl (C=O) groups excluding carboxylic acids is 1. The van der Waals surface area contributed by atoms with Crippen LogP contribution in [-0.4, -0.2) is 22.4 Å². The molecule has 0 unspecified atom stereocenters. The molecule has 0 bridgehead atoms. The van der Waals surface area contributed by atoms with Gasteiger partial charge in [-0.05, 0) is 59.5 Å². The molecule has 4 rings (SSSR count). The van der Waals surface area contributed by atoms with E-state index in [2.05, 4.69) is 28.2 Å². The smallest absolute Gasteiger partial charge is 0.233 e. The number of benzene rings is 1. The van der Waals surface area contributed by atoms with Crippen molar-refractivity contribution >= 4 is 11.6 Å². The molecule has 0 aliphatic carbocycles. The highest BCUT2D eigenvalue weighted by molar-refractivity contribution is 5.97. The fraction of sp³-hybridized carbons (Fsp3) is 0.150. The summed E-state index contributed by atoms with van der Waals surface area (Å²) in [4.78, 5) is 22.8. The van der Waals surface area contributed by atoms with E-state index in [9.17, 15) is 4.79 Å². The number of pyridine rings is 2. The van der Waals surface area contributed by atoms with E-state index >= 15 is 0 Å². The van der Waals surface area contributed by atoms with Crippen LogP contribution in [-0.2, 0) is 17.6 Å². The van der Waals surface area contributed by atoms with Gasteiger partial charge in [-0.3, -0.25) is 14.8 Å². The highest BCUT2D eigenvalue weighted by atomic mass is 16.2. The predicted molar refractivity (Wildman–Crippen MR) is 93.7 cm³/mol. The third-order valence-electron chi connectivity index (χ3n) is 4.35. The lowest BCUT2D eigenvalue weighted by molar-refractivity contribution is -0.117. The molecule has 0 N–H and O–H groups in total. The van der Waals surface area contributed by atoms with Crippen molar-refractivity contribution < 1.29 is 4.79 Å². The third-order valence-corrected chi connectivity index (χ3v) is 4.35. The van der Waals surface area contributed by atoms with Crippen LogP contribution in [0.4, 0.5) is 5.69 Å². The minimum Gasteiger partial charge on any atom is -0.311 e. The summed E-state index contributed by atoms with van der Waals surface area (Å²) in [6.07, 6.45) is 6.55. The zero-order chi connectivity index (χ0) is 16.4. The van der Waals surface area contributed by atoms with E-state index < -0.39 is 0 Å². The van der Waals surface area contributed by atoms with Crippen LogP contribution in [0.5, 0.6) is 0 Å². The molecule has 0 spiro atoms. The van der Waals surface area contributed by atoms with Gasteiger partial charge < -0.3 is 4.90 Å². The number of aromatic nitrogens is 2. The molecule has 118 valence electrons. The van der Waals surface area contributed by atoms with Gasteiger partial charge in [-0.25, -0.2) is 0 Å². The molecular formula is C20H17N3O. The lowest BCUT2D eigenvalue weighted by Gasteiger charge is -2.17. The third kappa shape index (κ3) is 2.78.